The van der Waals surface area contributed by atoms with Crippen molar-refractivity contribution >= 4 is 28.3 Å². The van der Waals surface area contributed by atoms with Crippen molar-refractivity contribution in [1.82, 2.24) is 9.78 Å². The second kappa shape index (κ2) is 11.3. The number of nitrogens with zero attached hydrogens (tertiary/aromatic N) is 2. The van der Waals surface area contributed by atoms with E-state index in [1.54, 1.807) is 24.1 Å². The van der Waals surface area contributed by atoms with Crippen molar-refractivity contribution in [2.45, 2.75) is 33.1 Å². The highest BCUT2D eigenvalue weighted by Gasteiger charge is 2.17. The molecule has 0 saturated carbocycles. The molecule has 2 amide bonds. The predicted molar refractivity (Wildman–Crippen MR) is 148 cm³/mol. The van der Waals surface area contributed by atoms with Crippen LogP contribution in [0.15, 0.2) is 66.9 Å². The number of aromatic nitrogens is 2. The number of hydrogen-bond donors (Lipinski definition) is 2. The number of anilines is 2. The Morgan fingerprint density at radius 3 is 2.57 bits per heavy atom. The summed E-state index contributed by atoms with van der Waals surface area (Å²) in [5.41, 5.74) is 4.72. The number of urea groups is 1. The first-order valence-electron chi connectivity index (χ1n) is 12.1. The van der Waals surface area contributed by atoms with Gasteiger partial charge in [0.2, 0.25) is 0 Å². The molecule has 0 atom stereocenters. The molecule has 0 bridgehead atoms. The average Bonchev–Trinajstić information content (AvgIpc) is 3.32. The monoisotopic (exact) mass is 496 g/mol. The summed E-state index contributed by atoms with van der Waals surface area (Å²) in [7, 11) is 1.57. The number of nitrogens with one attached hydrogen (secondary N) is 2. The minimum absolute atomic E-state index is 0.00485. The van der Waals surface area contributed by atoms with Crippen molar-refractivity contribution in [3.05, 3.63) is 83.6 Å². The van der Waals surface area contributed by atoms with E-state index in [4.69, 9.17) is 9.47 Å². The van der Waals surface area contributed by atoms with Crippen LogP contribution in [0.4, 0.5) is 16.3 Å². The van der Waals surface area contributed by atoms with Gasteiger partial charge in [-0.25, -0.2) is 9.48 Å². The van der Waals surface area contributed by atoms with Gasteiger partial charge in [-0.3, -0.25) is 5.32 Å². The second-order valence-electron chi connectivity index (χ2n) is 9.72. The van der Waals surface area contributed by atoms with Crippen molar-refractivity contribution in [2.75, 3.05) is 31.1 Å². The molecule has 37 heavy (non-hydrogen) atoms. The van der Waals surface area contributed by atoms with Gasteiger partial charge in [0.1, 0.15) is 19.2 Å². The van der Waals surface area contributed by atoms with Crippen molar-refractivity contribution in [1.29, 1.82) is 0 Å². The Morgan fingerprint density at radius 1 is 1.03 bits per heavy atom. The number of rotatable bonds is 6. The molecule has 0 aliphatic carbocycles. The van der Waals surface area contributed by atoms with Gasteiger partial charge in [0.25, 0.3) is 0 Å². The minimum atomic E-state index is -0.358. The summed E-state index contributed by atoms with van der Waals surface area (Å²) in [6, 6.07) is 19.4. The zero-order valence-electron chi connectivity index (χ0n) is 21.9. The highest BCUT2D eigenvalue weighted by atomic mass is 16.7. The fraction of sp³-hybridized carbons (Fsp3) is 0.267. The van der Waals surface area contributed by atoms with Crippen LogP contribution in [0.25, 0.3) is 16.5 Å². The number of ether oxygens (including phenoxy) is 2. The van der Waals surface area contributed by atoms with E-state index in [1.165, 1.54) is 5.56 Å². The molecule has 1 aromatic heterocycles. The zero-order chi connectivity index (χ0) is 26.4. The number of carbonyl (C=O) groups excluding carboxylic acids is 1. The van der Waals surface area contributed by atoms with E-state index in [0.717, 1.165) is 27.6 Å². The summed E-state index contributed by atoms with van der Waals surface area (Å²) in [5, 5.41) is 12.2. The lowest BCUT2D eigenvalue weighted by molar-refractivity contribution is -0.0166. The highest BCUT2D eigenvalue weighted by molar-refractivity contribution is 6.07. The van der Waals surface area contributed by atoms with Crippen molar-refractivity contribution in [2.24, 2.45) is 0 Å². The highest BCUT2D eigenvalue weighted by Crippen LogP contribution is 2.29. The largest absolute Gasteiger partial charge is 0.359 e. The van der Waals surface area contributed by atoms with E-state index >= 15 is 0 Å². The number of carbonyl (C=O) groups is 1. The van der Waals surface area contributed by atoms with Crippen LogP contribution in [-0.2, 0) is 14.9 Å². The molecular formula is C30H32N4O3. The van der Waals surface area contributed by atoms with Gasteiger partial charge in [-0.05, 0) is 47.1 Å². The van der Waals surface area contributed by atoms with Gasteiger partial charge in [0.05, 0.1) is 17.6 Å². The van der Waals surface area contributed by atoms with Crippen molar-refractivity contribution in [3.8, 4) is 17.5 Å². The molecule has 7 heteroatoms. The molecule has 0 radical (unpaired) electrons. The number of fused-ring (bicyclic) bond motifs is 1. The Labute approximate surface area is 217 Å². The average molecular weight is 497 g/mol. The van der Waals surface area contributed by atoms with Crippen molar-refractivity contribution < 1.29 is 14.3 Å². The molecule has 4 aromatic rings. The lowest BCUT2D eigenvalue weighted by Crippen LogP contribution is -2.22. The molecule has 4 rings (SSSR count). The summed E-state index contributed by atoms with van der Waals surface area (Å²) in [6.07, 6.45) is 1.68. The summed E-state index contributed by atoms with van der Waals surface area (Å²) >= 11 is 0. The van der Waals surface area contributed by atoms with E-state index in [9.17, 15) is 4.79 Å². The SMILES string of the molecule is COCOCC#Cc1ccc(NC(=O)Nc2ccnn2-c2cc(C(C)(C)C)ccc2C)c2ccccc12. The maximum Gasteiger partial charge on any atom is 0.324 e. The maximum absolute atomic E-state index is 13.1. The Kier molecular flexibility index (Phi) is 7.92. The summed E-state index contributed by atoms with van der Waals surface area (Å²) in [5.74, 6) is 6.71. The lowest BCUT2D eigenvalue weighted by Gasteiger charge is -2.21. The van der Waals surface area contributed by atoms with Crippen molar-refractivity contribution in [3.63, 3.8) is 0 Å². The number of aryl methyl sites for hydroxylation is 1. The van der Waals surface area contributed by atoms with Crippen LogP contribution in [0.1, 0.15) is 37.5 Å². The van der Waals surface area contributed by atoms with E-state index in [-0.39, 0.29) is 24.8 Å². The molecule has 0 fully saturated rings. The maximum atomic E-state index is 13.1. The fourth-order valence-electron chi connectivity index (χ4n) is 3.99. The van der Waals surface area contributed by atoms with Gasteiger partial charge in [0.15, 0.2) is 0 Å². The van der Waals surface area contributed by atoms with Gasteiger partial charge in [-0.15, -0.1) is 0 Å². The normalized spacial score (nSPS) is 11.2. The molecule has 0 spiro atoms. The van der Waals surface area contributed by atoms with Crippen LogP contribution >= 0.6 is 0 Å². The van der Waals surface area contributed by atoms with Gasteiger partial charge >= 0.3 is 6.03 Å². The number of methoxy groups -OCH3 is 1. The fourth-order valence-corrected chi connectivity index (χ4v) is 3.99. The van der Waals surface area contributed by atoms with Crippen LogP contribution in [0.5, 0.6) is 0 Å². The summed E-state index contributed by atoms with van der Waals surface area (Å²) in [4.78, 5) is 13.1. The molecule has 1 heterocycles. The van der Waals surface area contributed by atoms with Gasteiger partial charge in [0, 0.05) is 24.1 Å². The van der Waals surface area contributed by atoms with Crippen LogP contribution < -0.4 is 10.6 Å². The molecule has 0 saturated heterocycles. The van der Waals surface area contributed by atoms with Gasteiger partial charge < -0.3 is 14.8 Å². The number of benzene rings is 3. The molecule has 7 nitrogen and oxygen atoms in total. The molecule has 2 N–H and O–H groups in total. The first-order valence-corrected chi connectivity index (χ1v) is 12.1. The van der Waals surface area contributed by atoms with E-state index < -0.39 is 0 Å². The van der Waals surface area contributed by atoms with Gasteiger partial charge in [-0.1, -0.05) is 69.0 Å². The Bertz CT molecular complexity index is 1470. The van der Waals surface area contributed by atoms with E-state index in [0.29, 0.717) is 11.5 Å². The van der Waals surface area contributed by atoms with Gasteiger partial charge in [-0.2, -0.15) is 5.10 Å². The molecule has 3 aromatic carbocycles. The molecule has 190 valence electrons. The topological polar surface area (TPSA) is 77.4 Å². The third-order valence-corrected chi connectivity index (χ3v) is 5.96. The molecule has 0 aliphatic heterocycles. The second-order valence-corrected chi connectivity index (χ2v) is 9.72. The van der Waals surface area contributed by atoms with Crippen LogP contribution in [0.3, 0.4) is 0 Å². The number of hydrogen-bond acceptors (Lipinski definition) is 4. The predicted octanol–water partition coefficient (Wildman–Crippen LogP) is 6.25. The van der Waals surface area contributed by atoms with Crippen LogP contribution in [-0.4, -0.2) is 36.3 Å². The Balaban J connectivity index is 1.56. The summed E-state index contributed by atoms with van der Waals surface area (Å²) in [6.45, 7) is 9.03. The minimum Gasteiger partial charge on any atom is -0.359 e. The zero-order valence-corrected chi connectivity index (χ0v) is 21.9. The summed E-state index contributed by atoms with van der Waals surface area (Å²) < 4.78 is 11.9. The molecular weight excluding hydrogens is 464 g/mol. The standard InChI is InChI=1S/C30H32N4O3/c1-21-12-14-23(30(2,3)4)19-27(21)34-28(16-17-31-34)33-29(35)32-26-15-13-22(9-8-18-37-20-36-5)24-10-6-7-11-25(24)26/h6-7,10-17,19H,18,20H2,1-5H3,(H2,32,33,35). The van der Waals surface area contributed by atoms with Crippen LogP contribution in [0, 0.1) is 18.8 Å². The molecule has 0 aliphatic rings. The Hall–Kier alpha value is -4.12. The van der Waals surface area contributed by atoms with Crippen LogP contribution in [0.2, 0.25) is 0 Å². The number of amides is 2. The quantitative estimate of drug-likeness (QED) is 0.188. The smallest absolute Gasteiger partial charge is 0.324 e. The van der Waals surface area contributed by atoms with E-state index in [1.807, 2.05) is 43.3 Å². The third-order valence-electron chi connectivity index (χ3n) is 5.96. The molecule has 0 unspecified atom stereocenters. The first-order chi connectivity index (χ1) is 17.8. The lowest BCUT2D eigenvalue weighted by atomic mass is 9.86. The Morgan fingerprint density at radius 2 is 1.81 bits per heavy atom. The van der Waals surface area contributed by atoms with E-state index in [2.05, 4.69) is 66.5 Å². The third kappa shape index (κ3) is 6.18. The first kappa shape index (κ1) is 26.0.